The van der Waals surface area contributed by atoms with E-state index in [0.717, 1.165) is 5.56 Å². The van der Waals surface area contributed by atoms with Crippen LogP contribution in [0.5, 0.6) is 5.95 Å². The Balaban J connectivity index is 1.59. The molecule has 2 amide bonds. The van der Waals surface area contributed by atoms with E-state index in [1.54, 1.807) is 12.1 Å². The van der Waals surface area contributed by atoms with Crippen LogP contribution in [0.2, 0.25) is 5.02 Å². The number of carbonyl (C=O) groups is 2. The zero-order valence-electron chi connectivity index (χ0n) is 19.4. The number of carbonyl (C=O) groups excluding carboxylic acids is 2. The molecule has 1 heterocycles. The molecule has 0 spiro atoms. The molecule has 3 aromatic carbocycles. The second kappa shape index (κ2) is 10.9. The average Bonchev–Trinajstić information content (AvgIpc) is 2.90. The summed E-state index contributed by atoms with van der Waals surface area (Å²) in [7, 11) is 1.32. The normalized spacial score (nSPS) is 11.5. The van der Waals surface area contributed by atoms with Gasteiger partial charge in [-0.2, -0.15) is 0 Å². The third kappa shape index (κ3) is 5.76. The Morgan fingerprint density at radius 3 is 2.41 bits per heavy atom. The van der Waals surface area contributed by atoms with E-state index in [0.29, 0.717) is 5.39 Å². The molecule has 0 bridgehead atoms. The molecule has 0 fully saturated rings. The highest BCUT2D eigenvalue weighted by atomic mass is 35.5. The summed E-state index contributed by atoms with van der Waals surface area (Å²) in [5, 5.41) is 16.9. The fourth-order valence-electron chi connectivity index (χ4n) is 3.67. The lowest BCUT2D eigenvalue weighted by atomic mass is 10.0. The van der Waals surface area contributed by atoms with Gasteiger partial charge < -0.3 is 19.8 Å². The molecule has 0 unspecified atom stereocenters. The highest BCUT2D eigenvalue weighted by Crippen LogP contribution is 2.31. The van der Waals surface area contributed by atoms with E-state index in [9.17, 15) is 24.5 Å². The van der Waals surface area contributed by atoms with Crippen molar-refractivity contribution in [1.29, 1.82) is 0 Å². The van der Waals surface area contributed by atoms with Crippen molar-refractivity contribution in [1.82, 2.24) is 5.32 Å². The Morgan fingerprint density at radius 1 is 1.05 bits per heavy atom. The number of benzene rings is 3. The number of hydrogen-bond donors (Lipinski definition) is 2. The van der Waals surface area contributed by atoms with Gasteiger partial charge in [0.05, 0.1) is 17.4 Å². The third-order valence-corrected chi connectivity index (χ3v) is 5.90. The van der Waals surface area contributed by atoms with Gasteiger partial charge in [0.2, 0.25) is 5.91 Å². The van der Waals surface area contributed by atoms with Crippen LogP contribution in [-0.4, -0.2) is 29.9 Å². The number of amides is 2. The maximum absolute atomic E-state index is 13.3. The fourth-order valence-corrected chi connectivity index (χ4v) is 3.95. The minimum absolute atomic E-state index is 0.118. The van der Waals surface area contributed by atoms with Crippen LogP contribution >= 0.6 is 11.6 Å². The zero-order chi connectivity index (χ0) is 26.5. The van der Waals surface area contributed by atoms with Gasteiger partial charge in [-0.25, -0.2) is 4.79 Å². The summed E-state index contributed by atoms with van der Waals surface area (Å²) < 4.78 is 10.0. The summed E-state index contributed by atoms with van der Waals surface area (Å²) in [6.07, 6.45) is 0.171. The molecule has 10 nitrogen and oxygen atoms in total. The molecule has 1 aromatic heterocycles. The highest BCUT2D eigenvalue weighted by Gasteiger charge is 2.23. The molecule has 0 radical (unpaired) electrons. The number of fused-ring (bicyclic) bond motifs is 1. The summed E-state index contributed by atoms with van der Waals surface area (Å²) >= 11 is 6.23. The van der Waals surface area contributed by atoms with Crippen LogP contribution in [0, 0.1) is 10.1 Å². The number of non-ortho nitro benzene ring substituents is 1. The van der Waals surface area contributed by atoms with Gasteiger partial charge in [-0.15, -0.1) is 0 Å². The van der Waals surface area contributed by atoms with E-state index in [1.165, 1.54) is 37.4 Å². The molecule has 37 heavy (non-hydrogen) atoms. The molecule has 11 heteroatoms. The molecule has 0 saturated heterocycles. The standard InChI is InChI=1S/C26H20ClN3O7/c1-36-26-22(27)19-12-9-17(14-20(19)25(33)37-26)28-24(32)21(13-15-5-3-2-4-6-15)29-23(31)16-7-10-18(11-8-16)30(34)35/h2-12,14,21H,13H2,1H3,(H,28,32)(H,29,31)/t21-/m0/s1. The smallest absolute Gasteiger partial charge is 0.346 e. The Labute approximate surface area is 215 Å². The third-order valence-electron chi connectivity index (χ3n) is 5.54. The molecule has 4 rings (SSSR count). The molecule has 0 saturated carbocycles. The van der Waals surface area contributed by atoms with Crippen molar-refractivity contribution in [3.8, 4) is 5.95 Å². The number of nitrogens with one attached hydrogen (secondary N) is 2. The van der Waals surface area contributed by atoms with Crippen LogP contribution in [-0.2, 0) is 11.2 Å². The number of hydrogen-bond acceptors (Lipinski definition) is 7. The van der Waals surface area contributed by atoms with Gasteiger partial charge in [0.1, 0.15) is 11.1 Å². The molecule has 188 valence electrons. The van der Waals surface area contributed by atoms with Crippen LogP contribution in [0.3, 0.4) is 0 Å². The van der Waals surface area contributed by atoms with Gasteiger partial charge in [0.15, 0.2) is 0 Å². The average molecular weight is 522 g/mol. The molecule has 1 atom stereocenters. The first-order valence-electron chi connectivity index (χ1n) is 11.0. The molecule has 0 aliphatic rings. The molecular formula is C26H20ClN3O7. The monoisotopic (exact) mass is 521 g/mol. The van der Waals surface area contributed by atoms with Crippen molar-refractivity contribution in [2.45, 2.75) is 12.5 Å². The lowest BCUT2D eigenvalue weighted by molar-refractivity contribution is -0.384. The van der Waals surface area contributed by atoms with Crippen LogP contribution in [0.15, 0.2) is 82.0 Å². The highest BCUT2D eigenvalue weighted by molar-refractivity contribution is 6.36. The number of nitrogens with zero attached hydrogens (tertiary/aromatic N) is 1. The van der Waals surface area contributed by atoms with Crippen LogP contribution in [0.4, 0.5) is 11.4 Å². The SMILES string of the molecule is COc1oc(=O)c2cc(NC(=O)[C@H](Cc3ccccc3)NC(=O)c3ccc([N+](=O)[O-])cc3)ccc2c1Cl. The number of nitro benzene ring substituents is 1. The maximum atomic E-state index is 13.3. The lowest BCUT2D eigenvalue weighted by Crippen LogP contribution is -2.45. The van der Waals surface area contributed by atoms with Gasteiger partial charge in [-0.05, 0) is 29.8 Å². The van der Waals surface area contributed by atoms with E-state index < -0.39 is 28.4 Å². The number of ether oxygens (including phenoxy) is 1. The van der Waals surface area contributed by atoms with Crippen molar-refractivity contribution in [3.63, 3.8) is 0 Å². The lowest BCUT2D eigenvalue weighted by Gasteiger charge is -2.19. The first-order chi connectivity index (χ1) is 17.8. The second-order valence-corrected chi connectivity index (χ2v) is 8.34. The van der Waals surface area contributed by atoms with Gasteiger partial charge in [0.25, 0.3) is 11.6 Å². The van der Waals surface area contributed by atoms with Crippen molar-refractivity contribution < 1.29 is 23.7 Å². The minimum Gasteiger partial charge on any atom is -0.467 e. The van der Waals surface area contributed by atoms with Crippen LogP contribution in [0.25, 0.3) is 10.8 Å². The summed E-state index contributed by atoms with van der Waals surface area (Å²) in [5.74, 6) is -1.24. The second-order valence-electron chi connectivity index (χ2n) is 7.96. The van der Waals surface area contributed by atoms with Gasteiger partial charge in [-0.1, -0.05) is 48.0 Å². The van der Waals surface area contributed by atoms with Crippen LogP contribution in [0.1, 0.15) is 15.9 Å². The number of halogens is 1. The minimum atomic E-state index is -1.00. The van der Waals surface area contributed by atoms with Crippen molar-refractivity contribution >= 4 is 45.6 Å². The molecule has 4 aromatic rings. The summed E-state index contributed by atoms with van der Waals surface area (Å²) in [4.78, 5) is 48.8. The topological polar surface area (TPSA) is 141 Å². The van der Waals surface area contributed by atoms with E-state index in [-0.39, 0.29) is 39.7 Å². The van der Waals surface area contributed by atoms with Crippen LogP contribution < -0.4 is 21.0 Å². The van der Waals surface area contributed by atoms with E-state index in [1.807, 2.05) is 30.3 Å². The maximum Gasteiger partial charge on any atom is 0.346 e. The summed E-state index contributed by atoms with van der Waals surface area (Å²) in [5.41, 5.74) is 0.384. The zero-order valence-corrected chi connectivity index (χ0v) is 20.2. The predicted molar refractivity (Wildman–Crippen MR) is 137 cm³/mol. The number of methoxy groups -OCH3 is 1. The summed E-state index contributed by atoms with van der Waals surface area (Å²) in [6.45, 7) is 0. The fraction of sp³-hybridized carbons (Fsp3) is 0.115. The Morgan fingerprint density at radius 2 is 1.76 bits per heavy atom. The van der Waals surface area contributed by atoms with Gasteiger partial charge in [-0.3, -0.25) is 19.7 Å². The van der Waals surface area contributed by atoms with E-state index in [2.05, 4.69) is 10.6 Å². The predicted octanol–water partition coefficient (Wildman–Crippen LogP) is 4.34. The van der Waals surface area contributed by atoms with Crippen molar-refractivity contribution in [2.75, 3.05) is 12.4 Å². The summed E-state index contributed by atoms with van der Waals surface area (Å²) in [6, 6.07) is 17.6. The molecular weight excluding hydrogens is 502 g/mol. The quantitative estimate of drug-likeness (QED) is 0.259. The van der Waals surface area contributed by atoms with Gasteiger partial charge >= 0.3 is 11.6 Å². The van der Waals surface area contributed by atoms with Gasteiger partial charge in [0, 0.05) is 35.2 Å². The van der Waals surface area contributed by atoms with Crippen molar-refractivity contribution in [3.05, 3.63) is 109 Å². The molecule has 0 aliphatic carbocycles. The van der Waals surface area contributed by atoms with E-state index in [4.69, 9.17) is 20.8 Å². The molecule has 0 aliphatic heterocycles. The number of nitro groups is 1. The molecule has 2 N–H and O–H groups in total. The first-order valence-corrected chi connectivity index (χ1v) is 11.3. The largest absolute Gasteiger partial charge is 0.467 e. The first kappa shape index (κ1) is 25.4. The Kier molecular flexibility index (Phi) is 7.49. The van der Waals surface area contributed by atoms with Crippen molar-refractivity contribution in [2.24, 2.45) is 0 Å². The Hall–Kier alpha value is -4.70. The Bertz CT molecular complexity index is 1540. The number of anilines is 1. The van der Waals surface area contributed by atoms with E-state index >= 15 is 0 Å². The number of rotatable bonds is 8.